The Morgan fingerprint density at radius 2 is 1.90 bits per heavy atom. The third kappa shape index (κ3) is 3.90. The van der Waals surface area contributed by atoms with E-state index in [2.05, 4.69) is 6.07 Å². The Balaban J connectivity index is 1.55. The van der Waals surface area contributed by atoms with Crippen LogP contribution in [0.1, 0.15) is 11.1 Å². The second-order valence-corrected chi connectivity index (χ2v) is 8.09. The first-order valence-electron chi connectivity index (χ1n) is 10.1. The molecule has 5 nitrogen and oxygen atoms in total. The molecule has 156 valence electrons. The van der Waals surface area contributed by atoms with Crippen LogP contribution in [0.3, 0.4) is 0 Å². The van der Waals surface area contributed by atoms with Gasteiger partial charge in [-0.15, -0.1) is 0 Å². The molecule has 0 radical (unpaired) electrons. The number of rotatable bonds is 4. The lowest BCUT2D eigenvalue weighted by molar-refractivity contribution is -0.945. The van der Waals surface area contributed by atoms with E-state index in [1.165, 1.54) is 11.0 Å². The minimum Gasteiger partial charge on any atom is -0.497 e. The van der Waals surface area contributed by atoms with E-state index in [0.29, 0.717) is 18.9 Å². The highest BCUT2D eigenvalue weighted by Gasteiger charge is 2.25. The highest BCUT2D eigenvalue weighted by atomic mass is 35.5. The van der Waals surface area contributed by atoms with Crippen molar-refractivity contribution in [3.63, 3.8) is 0 Å². The van der Waals surface area contributed by atoms with Crippen molar-refractivity contribution in [1.82, 2.24) is 0 Å². The Bertz CT molecular complexity index is 1310. The molecule has 0 spiro atoms. The van der Waals surface area contributed by atoms with Gasteiger partial charge < -0.3 is 13.9 Å². The fourth-order valence-electron chi connectivity index (χ4n) is 4.11. The summed E-state index contributed by atoms with van der Waals surface area (Å²) in [5.74, 6) is 1.53. The van der Waals surface area contributed by atoms with Crippen LogP contribution in [0.15, 0.2) is 75.9 Å². The molecular formula is C25H21ClNO4+. The quantitative estimate of drug-likeness (QED) is 0.492. The second-order valence-electron chi connectivity index (χ2n) is 7.65. The number of quaternary nitrogens is 1. The van der Waals surface area contributed by atoms with Crippen LogP contribution in [0.25, 0.3) is 22.1 Å². The lowest BCUT2D eigenvalue weighted by Gasteiger charge is -2.26. The van der Waals surface area contributed by atoms with Crippen molar-refractivity contribution in [1.29, 1.82) is 0 Å². The zero-order chi connectivity index (χ0) is 21.4. The maximum Gasteiger partial charge on any atom is 0.336 e. The molecule has 0 bridgehead atoms. The van der Waals surface area contributed by atoms with Crippen molar-refractivity contribution in [2.45, 2.75) is 13.1 Å². The highest BCUT2D eigenvalue weighted by molar-refractivity contribution is 6.30. The van der Waals surface area contributed by atoms with Gasteiger partial charge in [-0.25, -0.2) is 4.79 Å². The normalized spacial score (nSPS) is 15.4. The molecule has 0 saturated heterocycles. The largest absolute Gasteiger partial charge is 0.497 e. The summed E-state index contributed by atoms with van der Waals surface area (Å²) in [4.78, 5) is 13.7. The van der Waals surface area contributed by atoms with Crippen LogP contribution in [-0.2, 0) is 13.1 Å². The maximum atomic E-state index is 12.4. The number of nitrogens with one attached hydrogen (secondary N) is 1. The first kappa shape index (κ1) is 19.7. The zero-order valence-electron chi connectivity index (χ0n) is 17.0. The zero-order valence-corrected chi connectivity index (χ0v) is 17.7. The van der Waals surface area contributed by atoms with Crippen LogP contribution in [-0.4, -0.2) is 13.8 Å². The van der Waals surface area contributed by atoms with Gasteiger partial charge in [0.25, 0.3) is 0 Å². The fraction of sp³-hybridized carbons (Fsp3) is 0.160. The molecule has 0 amide bonds. The molecule has 5 rings (SSSR count). The lowest BCUT2D eigenvalue weighted by atomic mass is 9.99. The van der Waals surface area contributed by atoms with Crippen molar-refractivity contribution in [3.8, 4) is 22.6 Å². The molecule has 4 aromatic rings. The predicted octanol–water partition coefficient (Wildman–Crippen LogP) is 4.06. The molecule has 1 atom stereocenters. The molecule has 3 aromatic carbocycles. The predicted molar refractivity (Wildman–Crippen MR) is 120 cm³/mol. The molecule has 1 aromatic heterocycles. The maximum absolute atomic E-state index is 12.4. The van der Waals surface area contributed by atoms with Crippen LogP contribution in [0, 0.1) is 0 Å². The van der Waals surface area contributed by atoms with Crippen LogP contribution in [0.4, 0.5) is 0 Å². The van der Waals surface area contributed by atoms with E-state index in [1.807, 2.05) is 54.6 Å². The molecule has 1 aliphatic heterocycles. The average Bonchev–Trinajstić information content (AvgIpc) is 2.78. The van der Waals surface area contributed by atoms with Crippen LogP contribution in [0.2, 0.25) is 5.02 Å². The van der Waals surface area contributed by atoms with Gasteiger partial charge in [0.15, 0.2) is 5.58 Å². The van der Waals surface area contributed by atoms with E-state index < -0.39 is 0 Å². The molecule has 1 unspecified atom stereocenters. The molecule has 2 heterocycles. The van der Waals surface area contributed by atoms with Gasteiger partial charge in [0.1, 0.15) is 24.6 Å². The summed E-state index contributed by atoms with van der Waals surface area (Å²) < 4.78 is 17.0. The molecule has 0 fully saturated rings. The number of ether oxygens (including phenoxy) is 2. The Morgan fingerprint density at radius 1 is 1.06 bits per heavy atom. The topological polar surface area (TPSA) is 53.1 Å². The third-order valence-electron chi connectivity index (χ3n) is 5.58. The summed E-state index contributed by atoms with van der Waals surface area (Å²) in [7, 11) is 1.63. The van der Waals surface area contributed by atoms with E-state index in [0.717, 1.165) is 50.7 Å². The standard InChI is InChI=1S/C25H20ClNO4/c1-29-19-7-5-17(6-8-19)21-12-24(28)31-25-20(21)9-10-23-22(25)14-27(15-30-23)13-16-3-2-4-18(26)11-16/h2-12H,13-15H2,1H3/p+1. The molecular weight excluding hydrogens is 414 g/mol. The van der Waals surface area contributed by atoms with Gasteiger partial charge >= 0.3 is 5.63 Å². The van der Waals surface area contributed by atoms with Gasteiger partial charge in [0.2, 0.25) is 6.73 Å². The van der Waals surface area contributed by atoms with E-state index in [9.17, 15) is 4.79 Å². The van der Waals surface area contributed by atoms with Gasteiger partial charge in [-0.3, -0.25) is 4.90 Å². The minimum absolute atomic E-state index is 0.381. The summed E-state index contributed by atoms with van der Waals surface area (Å²) >= 11 is 6.14. The van der Waals surface area contributed by atoms with Crippen molar-refractivity contribution in [2.24, 2.45) is 0 Å². The number of halogens is 1. The summed E-state index contributed by atoms with van der Waals surface area (Å²) in [6, 6.07) is 20.9. The second kappa shape index (κ2) is 8.10. The Kier molecular flexibility index (Phi) is 5.14. The molecule has 31 heavy (non-hydrogen) atoms. The number of benzene rings is 3. The number of hydrogen-bond donors (Lipinski definition) is 1. The van der Waals surface area contributed by atoms with Crippen LogP contribution >= 0.6 is 11.6 Å². The van der Waals surface area contributed by atoms with Crippen LogP contribution < -0.4 is 20.0 Å². The van der Waals surface area contributed by atoms with Gasteiger partial charge in [0, 0.05) is 22.0 Å². The van der Waals surface area contributed by atoms with E-state index in [4.69, 9.17) is 25.5 Å². The smallest absolute Gasteiger partial charge is 0.336 e. The number of fused-ring (bicyclic) bond motifs is 3. The lowest BCUT2D eigenvalue weighted by Crippen LogP contribution is -3.10. The van der Waals surface area contributed by atoms with Crippen molar-refractivity contribution in [2.75, 3.05) is 13.8 Å². The Morgan fingerprint density at radius 3 is 2.68 bits per heavy atom. The van der Waals surface area contributed by atoms with Crippen LogP contribution in [0.5, 0.6) is 11.5 Å². The third-order valence-corrected chi connectivity index (χ3v) is 5.81. The SMILES string of the molecule is COc1ccc(-c2cc(=O)oc3c4c(ccc23)OC[NH+](Cc2cccc(Cl)c2)C4)cc1. The van der Waals surface area contributed by atoms with Crippen molar-refractivity contribution in [3.05, 3.63) is 93.3 Å². The first-order chi connectivity index (χ1) is 15.1. The summed E-state index contributed by atoms with van der Waals surface area (Å²) in [6.07, 6.45) is 0. The van der Waals surface area contributed by atoms with E-state index >= 15 is 0 Å². The number of hydrogen-bond acceptors (Lipinski definition) is 4. The fourth-order valence-corrected chi connectivity index (χ4v) is 4.32. The first-order valence-corrected chi connectivity index (χ1v) is 10.4. The van der Waals surface area contributed by atoms with Crippen molar-refractivity contribution < 1.29 is 18.8 Å². The Labute approximate surface area is 184 Å². The van der Waals surface area contributed by atoms with Gasteiger partial charge in [-0.2, -0.15) is 0 Å². The molecule has 1 N–H and O–H groups in total. The van der Waals surface area contributed by atoms with E-state index in [-0.39, 0.29) is 5.63 Å². The number of methoxy groups -OCH3 is 1. The van der Waals surface area contributed by atoms with Crippen molar-refractivity contribution >= 4 is 22.6 Å². The van der Waals surface area contributed by atoms with E-state index in [1.54, 1.807) is 7.11 Å². The summed E-state index contributed by atoms with van der Waals surface area (Å²) in [5, 5.41) is 1.60. The molecule has 6 heteroatoms. The molecule has 0 saturated carbocycles. The summed E-state index contributed by atoms with van der Waals surface area (Å²) in [5.41, 5.74) is 4.01. The summed E-state index contributed by atoms with van der Waals surface area (Å²) in [6.45, 7) is 1.99. The minimum atomic E-state index is -0.381. The highest BCUT2D eigenvalue weighted by Crippen LogP contribution is 2.34. The van der Waals surface area contributed by atoms with Gasteiger partial charge in [-0.1, -0.05) is 35.9 Å². The monoisotopic (exact) mass is 434 g/mol. The Hall–Kier alpha value is -3.28. The average molecular weight is 435 g/mol. The molecule has 0 aliphatic carbocycles. The van der Waals surface area contributed by atoms with Gasteiger partial charge in [0.05, 0.1) is 12.7 Å². The van der Waals surface area contributed by atoms with Gasteiger partial charge in [-0.05, 0) is 47.5 Å². The molecule has 1 aliphatic rings.